The highest BCUT2D eigenvalue weighted by Gasteiger charge is 2.35. The summed E-state index contributed by atoms with van der Waals surface area (Å²) < 4.78 is 0. The lowest BCUT2D eigenvalue weighted by molar-refractivity contribution is -0.141. The molecule has 3 heteroatoms. The van der Waals surface area contributed by atoms with Crippen LogP contribution in [0, 0.1) is 19.8 Å². The minimum absolute atomic E-state index is 0.260. The Hall–Kier alpha value is -1.51. The second-order valence-electron chi connectivity index (χ2n) is 5.09. The first kappa shape index (κ1) is 12.0. The molecule has 0 heterocycles. The lowest BCUT2D eigenvalue weighted by Crippen LogP contribution is -2.27. The van der Waals surface area contributed by atoms with Crippen molar-refractivity contribution in [1.29, 1.82) is 0 Å². The molecular formula is C14H19NO2. The SMILES string of the molecule is Cc1cc(C)c(N)c(C(C(=O)O)C2CCC2)c1. The van der Waals surface area contributed by atoms with Crippen LogP contribution in [0.4, 0.5) is 5.69 Å². The first-order chi connectivity index (χ1) is 8.00. The molecule has 0 amide bonds. The highest BCUT2D eigenvalue weighted by Crippen LogP contribution is 2.42. The predicted molar refractivity (Wildman–Crippen MR) is 68.0 cm³/mol. The molecule has 1 saturated carbocycles. The normalized spacial score (nSPS) is 17.5. The third kappa shape index (κ3) is 2.14. The molecule has 1 aliphatic carbocycles. The Morgan fingerprint density at radius 3 is 2.53 bits per heavy atom. The van der Waals surface area contributed by atoms with Crippen LogP contribution in [0.1, 0.15) is 41.9 Å². The van der Waals surface area contributed by atoms with Crippen molar-refractivity contribution >= 4 is 11.7 Å². The van der Waals surface area contributed by atoms with Crippen LogP contribution in [0.5, 0.6) is 0 Å². The number of nitrogen functional groups attached to an aromatic ring is 1. The lowest BCUT2D eigenvalue weighted by Gasteiger charge is -2.32. The molecule has 0 aliphatic heterocycles. The van der Waals surface area contributed by atoms with E-state index in [-0.39, 0.29) is 5.92 Å². The van der Waals surface area contributed by atoms with Crippen molar-refractivity contribution in [3.63, 3.8) is 0 Å². The Kier molecular flexibility index (Phi) is 3.09. The van der Waals surface area contributed by atoms with Gasteiger partial charge in [-0.3, -0.25) is 4.79 Å². The molecule has 3 nitrogen and oxygen atoms in total. The smallest absolute Gasteiger partial charge is 0.311 e. The minimum Gasteiger partial charge on any atom is -0.481 e. The zero-order valence-corrected chi connectivity index (χ0v) is 10.4. The molecule has 1 fully saturated rings. The summed E-state index contributed by atoms with van der Waals surface area (Å²) in [5.41, 5.74) is 9.55. The Labute approximate surface area is 102 Å². The number of benzene rings is 1. The molecular weight excluding hydrogens is 214 g/mol. The van der Waals surface area contributed by atoms with Crippen LogP contribution in [0.25, 0.3) is 0 Å². The van der Waals surface area contributed by atoms with Crippen molar-refractivity contribution in [3.8, 4) is 0 Å². The van der Waals surface area contributed by atoms with Crippen LogP contribution in [-0.4, -0.2) is 11.1 Å². The first-order valence-corrected chi connectivity index (χ1v) is 6.10. The van der Waals surface area contributed by atoms with Gasteiger partial charge in [0.25, 0.3) is 0 Å². The number of rotatable bonds is 3. The Balaban J connectivity index is 2.45. The van der Waals surface area contributed by atoms with E-state index < -0.39 is 11.9 Å². The number of nitrogens with two attached hydrogens (primary N) is 1. The van der Waals surface area contributed by atoms with Crippen molar-refractivity contribution in [2.45, 2.75) is 39.0 Å². The molecule has 17 heavy (non-hydrogen) atoms. The average Bonchev–Trinajstić information content (AvgIpc) is 2.16. The second kappa shape index (κ2) is 4.40. The number of carbonyl (C=O) groups is 1. The summed E-state index contributed by atoms with van der Waals surface area (Å²) in [6.45, 7) is 3.92. The molecule has 0 spiro atoms. The molecule has 0 radical (unpaired) electrons. The molecule has 1 atom stereocenters. The van der Waals surface area contributed by atoms with Crippen LogP contribution < -0.4 is 5.73 Å². The van der Waals surface area contributed by atoms with Crippen LogP contribution in [0.2, 0.25) is 0 Å². The van der Waals surface area contributed by atoms with Crippen molar-refractivity contribution < 1.29 is 9.90 Å². The summed E-state index contributed by atoms with van der Waals surface area (Å²) in [6, 6.07) is 3.93. The van der Waals surface area contributed by atoms with Gasteiger partial charge in [-0.1, -0.05) is 24.1 Å². The summed E-state index contributed by atoms with van der Waals surface area (Å²) in [5, 5.41) is 9.41. The zero-order chi connectivity index (χ0) is 12.6. The Bertz CT molecular complexity index is 450. The van der Waals surface area contributed by atoms with E-state index in [0.29, 0.717) is 5.69 Å². The topological polar surface area (TPSA) is 63.3 Å². The molecule has 0 saturated heterocycles. The van der Waals surface area contributed by atoms with Crippen molar-refractivity contribution in [3.05, 3.63) is 28.8 Å². The Morgan fingerprint density at radius 1 is 1.41 bits per heavy atom. The van der Waals surface area contributed by atoms with Crippen molar-refractivity contribution in [1.82, 2.24) is 0 Å². The van der Waals surface area contributed by atoms with Crippen molar-refractivity contribution in [2.24, 2.45) is 5.92 Å². The number of aliphatic carboxylic acids is 1. The lowest BCUT2D eigenvalue weighted by atomic mass is 9.72. The van der Waals surface area contributed by atoms with E-state index in [1.165, 1.54) is 0 Å². The van der Waals surface area contributed by atoms with E-state index in [1.54, 1.807) is 0 Å². The number of hydrogen-bond acceptors (Lipinski definition) is 2. The van der Waals surface area contributed by atoms with E-state index in [2.05, 4.69) is 0 Å². The van der Waals surface area contributed by atoms with Gasteiger partial charge in [0.1, 0.15) is 0 Å². The molecule has 0 aromatic heterocycles. The van der Waals surface area contributed by atoms with Gasteiger partial charge in [0, 0.05) is 5.69 Å². The monoisotopic (exact) mass is 233 g/mol. The Morgan fingerprint density at radius 2 is 2.06 bits per heavy atom. The quantitative estimate of drug-likeness (QED) is 0.789. The van der Waals surface area contributed by atoms with E-state index in [1.807, 2.05) is 26.0 Å². The minimum atomic E-state index is -0.744. The van der Waals surface area contributed by atoms with Crippen LogP contribution in [-0.2, 0) is 4.79 Å². The number of carboxylic acid groups (broad SMARTS) is 1. The van der Waals surface area contributed by atoms with E-state index >= 15 is 0 Å². The second-order valence-corrected chi connectivity index (χ2v) is 5.09. The molecule has 92 valence electrons. The summed E-state index contributed by atoms with van der Waals surface area (Å²) in [5.74, 6) is -0.912. The maximum Gasteiger partial charge on any atom is 0.311 e. The van der Waals surface area contributed by atoms with Crippen molar-refractivity contribution in [2.75, 3.05) is 5.73 Å². The summed E-state index contributed by atoms with van der Waals surface area (Å²) in [4.78, 5) is 11.5. The molecule has 1 aromatic carbocycles. The fourth-order valence-corrected chi connectivity index (χ4v) is 2.63. The highest BCUT2D eigenvalue weighted by atomic mass is 16.4. The maximum atomic E-state index is 11.5. The summed E-state index contributed by atoms with van der Waals surface area (Å²) in [7, 11) is 0. The van der Waals surface area contributed by atoms with Gasteiger partial charge >= 0.3 is 5.97 Å². The first-order valence-electron chi connectivity index (χ1n) is 6.10. The summed E-state index contributed by atoms with van der Waals surface area (Å²) in [6.07, 6.45) is 3.14. The molecule has 1 unspecified atom stereocenters. The largest absolute Gasteiger partial charge is 0.481 e. The predicted octanol–water partition coefficient (Wildman–Crippen LogP) is 2.85. The van der Waals surface area contributed by atoms with Gasteiger partial charge in [-0.15, -0.1) is 0 Å². The van der Waals surface area contributed by atoms with Gasteiger partial charge in [-0.25, -0.2) is 0 Å². The fourth-order valence-electron chi connectivity index (χ4n) is 2.63. The standard InChI is InChI=1S/C14H19NO2/c1-8-6-9(2)13(15)11(7-8)12(14(16)17)10-4-3-5-10/h6-7,10,12H,3-5,15H2,1-2H3,(H,16,17). The van der Waals surface area contributed by atoms with Gasteiger partial charge in [0.2, 0.25) is 0 Å². The van der Waals surface area contributed by atoms with Gasteiger partial charge in [-0.05, 0) is 43.7 Å². The number of anilines is 1. The third-order valence-corrected chi connectivity index (χ3v) is 3.79. The van der Waals surface area contributed by atoms with Crippen LogP contribution >= 0.6 is 0 Å². The molecule has 1 aromatic rings. The molecule has 2 rings (SSSR count). The van der Waals surface area contributed by atoms with Gasteiger partial charge < -0.3 is 10.8 Å². The maximum absolute atomic E-state index is 11.5. The number of carboxylic acids is 1. The van der Waals surface area contributed by atoms with Crippen LogP contribution in [0.3, 0.4) is 0 Å². The van der Waals surface area contributed by atoms with Gasteiger partial charge in [0.05, 0.1) is 5.92 Å². The van der Waals surface area contributed by atoms with Gasteiger partial charge in [0.15, 0.2) is 0 Å². The van der Waals surface area contributed by atoms with Crippen LogP contribution in [0.15, 0.2) is 12.1 Å². The summed E-state index contributed by atoms with van der Waals surface area (Å²) >= 11 is 0. The zero-order valence-electron chi connectivity index (χ0n) is 10.4. The number of aryl methyl sites for hydroxylation is 2. The fraction of sp³-hybridized carbons (Fsp3) is 0.500. The molecule has 3 N–H and O–H groups in total. The molecule has 0 bridgehead atoms. The highest BCUT2D eigenvalue weighted by molar-refractivity contribution is 5.80. The van der Waals surface area contributed by atoms with Gasteiger partial charge in [-0.2, -0.15) is 0 Å². The molecule has 1 aliphatic rings. The number of hydrogen-bond donors (Lipinski definition) is 2. The third-order valence-electron chi connectivity index (χ3n) is 3.79. The van der Waals surface area contributed by atoms with E-state index in [9.17, 15) is 9.90 Å². The van der Waals surface area contributed by atoms with E-state index in [0.717, 1.165) is 36.0 Å². The van der Waals surface area contributed by atoms with E-state index in [4.69, 9.17) is 5.73 Å². The average molecular weight is 233 g/mol.